The zero-order valence-electron chi connectivity index (χ0n) is 13.8. The molecule has 0 aliphatic rings. The van der Waals surface area contributed by atoms with Crippen LogP contribution in [0.15, 0.2) is 60.7 Å². The summed E-state index contributed by atoms with van der Waals surface area (Å²) in [7, 11) is 0. The van der Waals surface area contributed by atoms with Gasteiger partial charge in [-0.3, -0.25) is 0 Å². The predicted octanol–water partition coefficient (Wildman–Crippen LogP) is 3.85. The maximum Gasteiger partial charge on any atom is 0.253 e. The van der Waals surface area contributed by atoms with Gasteiger partial charge in [0, 0.05) is 5.56 Å². The second-order valence-corrected chi connectivity index (χ2v) is 5.75. The number of nitrogen functional groups attached to an aromatic ring is 1. The molecule has 0 fully saturated rings. The van der Waals surface area contributed by atoms with E-state index in [0.29, 0.717) is 17.3 Å². The molecule has 0 spiro atoms. The molecule has 0 aliphatic heterocycles. The van der Waals surface area contributed by atoms with Gasteiger partial charge in [0.1, 0.15) is 5.69 Å². The summed E-state index contributed by atoms with van der Waals surface area (Å²) >= 11 is 0. The van der Waals surface area contributed by atoms with Crippen LogP contribution in [0.2, 0.25) is 0 Å². The first-order valence-electron chi connectivity index (χ1n) is 8.04. The van der Waals surface area contributed by atoms with Crippen LogP contribution in [-0.4, -0.2) is 19.6 Å². The fourth-order valence-corrected chi connectivity index (χ4v) is 2.68. The maximum atomic E-state index is 6.23. The molecule has 25 heavy (non-hydrogen) atoms. The van der Waals surface area contributed by atoms with Crippen LogP contribution in [0.25, 0.3) is 29.2 Å². The van der Waals surface area contributed by atoms with Gasteiger partial charge in [-0.15, -0.1) is 0 Å². The molecule has 4 aromatic rings. The second-order valence-electron chi connectivity index (χ2n) is 5.75. The maximum absolute atomic E-state index is 6.23. The summed E-state index contributed by atoms with van der Waals surface area (Å²) in [4.78, 5) is 9.19. The van der Waals surface area contributed by atoms with E-state index in [-0.39, 0.29) is 0 Å². The third kappa shape index (κ3) is 2.87. The van der Waals surface area contributed by atoms with Gasteiger partial charge >= 0.3 is 0 Å². The third-order valence-corrected chi connectivity index (χ3v) is 3.99. The molecule has 0 atom stereocenters. The number of imidazole rings is 1. The van der Waals surface area contributed by atoms with Gasteiger partial charge in [-0.25, -0.2) is 9.97 Å². The molecule has 2 aromatic carbocycles. The van der Waals surface area contributed by atoms with Crippen molar-refractivity contribution in [3.05, 3.63) is 77.6 Å². The van der Waals surface area contributed by atoms with Crippen LogP contribution in [0.1, 0.15) is 17.0 Å². The monoisotopic (exact) mass is 327 g/mol. The van der Waals surface area contributed by atoms with Crippen LogP contribution in [-0.2, 0) is 0 Å². The Labute approximate surface area is 145 Å². The Morgan fingerprint density at radius 1 is 0.880 bits per heavy atom. The van der Waals surface area contributed by atoms with Crippen LogP contribution in [0, 0.1) is 6.92 Å². The van der Waals surface area contributed by atoms with Gasteiger partial charge in [0.25, 0.3) is 5.78 Å². The van der Waals surface area contributed by atoms with Gasteiger partial charge < -0.3 is 5.73 Å². The fraction of sp³-hybridized carbons (Fsp3) is 0.0500. The molecule has 0 unspecified atom stereocenters. The minimum atomic E-state index is 0.495. The van der Waals surface area contributed by atoms with E-state index in [4.69, 9.17) is 5.73 Å². The van der Waals surface area contributed by atoms with Gasteiger partial charge in [-0.1, -0.05) is 66.7 Å². The first-order chi connectivity index (χ1) is 12.2. The molecule has 2 N–H and O–H groups in total. The van der Waals surface area contributed by atoms with E-state index in [1.165, 1.54) is 0 Å². The molecular formula is C20H17N5. The number of hydrogen-bond donors (Lipinski definition) is 1. The number of fused-ring (bicyclic) bond motifs is 1. The quantitative estimate of drug-likeness (QED) is 0.620. The fourth-order valence-electron chi connectivity index (χ4n) is 2.68. The largest absolute Gasteiger partial charge is 0.382 e. The number of nitrogens with two attached hydrogens (primary N) is 1. The summed E-state index contributed by atoms with van der Waals surface area (Å²) in [6, 6.07) is 19.9. The van der Waals surface area contributed by atoms with Crippen molar-refractivity contribution in [1.29, 1.82) is 0 Å². The molecular weight excluding hydrogens is 310 g/mol. The van der Waals surface area contributed by atoms with E-state index in [1.54, 1.807) is 4.52 Å². The Morgan fingerprint density at radius 3 is 2.28 bits per heavy atom. The highest BCUT2D eigenvalue weighted by molar-refractivity contribution is 5.74. The van der Waals surface area contributed by atoms with Crippen molar-refractivity contribution >= 4 is 23.7 Å². The van der Waals surface area contributed by atoms with Crippen molar-refractivity contribution in [3.8, 4) is 11.3 Å². The molecule has 0 aliphatic carbocycles. The Morgan fingerprint density at radius 2 is 1.56 bits per heavy atom. The van der Waals surface area contributed by atoms with Crippen LogP contribution < -0.4 is 5.73 Å². The molecule has 2 heterocycles. The van der Waals surface area contributed by atoms with E-state index < -0.39 is 0 Å². The normalized spacial score (nSPS) is 11.4. The Hall–Kier alpha value is -3.47. The molecule has 5 heteroatoms. The zero-order chi connectivity index (χ0) is 17.2. The van der Waals surface area contributed by atoms with E-state index in [0.717, 1.165) is 22.5 Å². The average molecular weight is 327 g/mol. The first-order valence-corrected chi connectivity index (χ1v) is 8.04. The lowest BCUT2D eigenvalue weighted by molar-refractivity contribution is 0.871. The Balaban J connectivity index is 1.78. The highest BCUT2D eigenvalue weighted by Gasteiger charge is 2.14. The van der Waals surface area contributed by atoms with Gasteiger partial charge in [0.2, 0.25) is 0 Å². The number of rotatable bonds is 3. The Kier molecular flexibility index (Phi) is 3.74. The van der Waals surface area contributed by atoms with Crippen molar-refractivity contribution in [2.24, 2.45) is 0 Å². The molecule has 0 amide bonds. The Bertz CT molecular complexity index is 1050. The van der Waals surface area contributed by atoms with E-state index >= 15 is 0 Å². The summed E-state index contributed by atoms with van der Waals surface area (Å²) in [6.45, 7) is 1.92. The van der Waals surface area contributed by atoms with Crippen molar-refractivity contribution in [2.75, 3.05) is 5.73 Å². The number of nitrogens with zero attached hydrogens (tertiary/aromatic N) is 4. The van der Waals surface area contributed by atoms with Gasteiger partial charge in [0.05, 0.1) is 11.4 Å². The van der Waals surface area contributed by atoms with Crippen LogP contribution in [0.5, 0.6) is 0 Å². The lowest BCUT2D eigenvalue weighted by Crippen LogP contribution is -2.04. The van der Waals surface area contributed by atoms with Crippen molar-refractivity contribution in [1.82, 2.24) is 19.6 Å². The summed E-state index contributed by atoms with van der Waals surface area (Å²) in [6.07, 6.45) is 3.96. The third-order valence-electron chi connectivity index (χ3n) is 3.99. The summed E-state index contributed by atoms with van der Waals surface area (Å²) in [5, 5.41) is 4.55. The van der Waals surface area contributed by atoms with Gasteiger partial charge in [0.15, 0.2) is 5.82 Å². The molecule has 122 valence electrons. The molecule has 5 nitrogen and oxygen atoms in total. The van der Waals surface area contributed by atoms with Crippen molar-refractivity contribution in [3.63, 3.8) is 0 Å². The van der Waals surface area contributed by atoms with E-state index in [9.17, 15) is 0 Å². The number of anilines is 1. The smallest absolute Gasteiger partial charge is 0.253 e. The lowest BCUT2D eigenvalue weighted by atomic mass is 10.1. The molecule has 0 saturated heterocycles. The number of aryl methyl sites for hydroxylation is 1. The SMILES string of the molecule is Cc1nn2c(N)c(-c3ccccc3)nc2nc1/C=C/c1ccccc1. The number of hydrogen-bond acceptors (Lipinski definition) is 4. The van der Waals surface area contributed by atoms with Gasteiger partial charge in [-0.2, -0.15) is 9.61 Å². The predicted molar refractivity (Wildman–Crippen MR) is 101 cm³/mol. The lowest BCUT2D eigenvalue weighted by Gasteiger charge is -2.01. The molecule has 0 saturated carbocycles. The van der Waals surface area contributed by atoms with Crippen LogP contribution in [0.4, 0.5) is 5.82 Å². The first kappa shape index (κ1) is 15.1. The zero-order valence-corrected chi connectivity index (χ0v) is 13.8. The van der Waals surface area contributed by atoms with E-state index in [1.807, 2.05) is 79.7 Å². The van der Waals surface area contributed by atoms with Crippen LogP contribution in [0.3, 0.4) is 0 Å². The number of benzene rings is 2. The topological polar surface area (TPSA) is 69.1 Å². The number of aromatic nitrogens is 4. The summed E-state index contributed by atoms with van der Waals surface area (Å²) < 4.78 is 1.59. The van der Waals surface area contributed by atoms with Crippen LogP contribution >= 0.6 is 0 Å². The van der Waals surface area contributed by atoms with E-state index in [2.05, 4.69) is 15.1 Å². The average Bonchev–Trinajstić information content (AvgIpc) is 2.97. The standard InChI is InChI=1S/C20H17N5/c1-14-17(13-12-15-8-4-2-5-9-15)22-20-23-18(19(21)25(20)24-14)16-10-6-3-7-11-16/h2-13H,21H2,1H3/b13-12+. The summed E-state index contributed by atoms with van der Waals surface area (Å²) in [5.74, 6) is 0.991. The highest BCUT2D eigenvalue weighted by atomic mass is 15.3. The minimum Gasteiger partial charge on any atom is -0.382 e. The molecule has 0 bridgehead atoms. The van der Waals surface area contributed by atoms with Crippen molar-refractivity contribution < 1.29 is 0 Å². The van der Waals surface area contributed by atoms with Gasteiger partial charge in [-0.05, 0) is 18.6 Å². The molecule has 0 radical (unpaired) electrons. The minimum absolute atomic E-state index is 0.495. The molecule has 4 rings (SSSR count). The summed E-state index contributed by atoms with van der Waals surface area (Å²) in [5.41, 5.74) is 10.6. The highest BCUT2D eigenvalue weighted by Crippen LogP contribution is 2.25. The van der Waals surface area contributed by atoms with Crippen molar-refractivity contribution in [2.45, 2.75) is 6.92 Å². The molecule has 2 aromatic heterocycles. The second kappa shape index (κ2) is 6.20.